The second-order valence-corrected chi connectivity index (χ2v) is 7.68. The van der Waals surface area contributed by atoms with E-state index in [0.29, 0.717) is 13.1 Å². The second-order valence-electron chi connectivity index (χ2n) is 7.68. The van der Waals surface area contributed by atoms with Crippen molar-refractivity contribution in [2.75, 3.05) is 57.4 Å². The first-order valence-electron chi connectivity index (χ1n) is 10.6. The number of hydrogen-bond acceptors (Lipinski definition) is 5. The van der Waals surface area contributed by atoms with Crippen molar-refractivity contribution in [3.8, 4) is 0 Å². The van der Waals surface area contributed by atoms with E-state index < -0.39 is 11.8 Å². The minimum atomic E-state index is -0.615. The molecular weight excluding hydrogens is 384 g/mol. The molecule has 1 atom stereocenters. The van der Waals surface area contributed by atoms with Crippen molar-refractivity contribution in [1.29, 1.82) is 0 Å². The first-order chi connectivity index (χ1) is 14.7. The fourth-order valence-corrected chi connectivity index (χ4v) is 4.15. The summed E-state index contributed by atoms with van der Waals surface area (Å²) in [7, 11) is 0. The predicted octanol–water partition coefficient (Wildman–Crippen LogP) is -0.469. The number of morpholine rings is 1. The number of carbonyl (C=O) groups is 2. The fraction of sp³-hybridized carbons (Fsp3) is 0.455. The zero-order valence-corrected chi connectivity index (χ0v) is 17.1. The Balaban J connectivity index is 1.31. The zero-order valence-electron chi connectivity index (χ0n) is 17.1. The molecule has 8 nitrogen and oxygen atoms in total. The molecule has 30 heavy (non-hydrogen) atoms. The van der Waals surface area contributed by atoms with E-state index in [1.54, 1.807) is 6.26 Å². The van der Waals surface area contributed by atoms with Crippen LogP contribution in [0.2, 0.25) is 0 Å². The molecule has 2 aliphatic heterocycles. The number of anilines is 1. The highest BCUT2D eigenvalue weighted by Gasteiger charge is 2.29. The lowest BCUT2D eigenvalue weighted by Gasteiger charge is -2.29. The molecule has 2 aromatic rings. The van der Waals surface area contributed by atoms with Crippen LogP contribution in [0, 0.1) is 0 Å². The van der Waals surface area contributed by atoms with E-state index in [2.05, 4.69) is 27.7 Å². The minimum absolute atomic E-state index is 0.168. The molecule has 1 aromatic carbocycles. The van der Waals surface area contributed by atoms with E-state index >= 15 is 0 Å². The van der Waals surface area contributed by atoms with Gasteiger partial charge in [0.25, 0.3) is 0 Å². The first kappa shape index (κ1) is 20.4. The molecule has 8 heteroatoms. The van der Waals surface area contributed by atoms with Gasteiger partial charge in [0.2, 0.25) is 0 Å². The third-order valence-electron chi connectivity index (χ3n) is 5.80. The summed E-state index contributed by atoms with van der Waals surface area (Å²) in [5.41, 5.74) is 2.43. The number of quaternary nitrogens is 1. The molecule has 3 heterocycles. The van der Waals surface area contributed by atoms with Crippen LogP contribution in [-0.4, -0.2) is 64.3 Å². The summed E-state index contributed by atoms with van der Waals surface area (Å²) in [6.45, 7) is 5.77. The van der Waals surface area contributed by atoms with Crippen molar-refractivity contribution < 1.29 is 23.6 Å². The van der Waals surface area contributed by atoms with Crippen molar-refractivity contribution >= 4 is 17.5 Å². The maximum Gasteiger partial charge on any atom is 0.309 e. The molecular formula is C22H29N4O4+. The number of nitrogens with zero attached hydrogens (tertiary/aromatic N) is 1. The maximum atomic E-state index is 12.4. The van der Waals surface area contributed by atoms with Gasteiger partial charge in [-0.3, -0.25) is 9.59 Å². The monoisotopic (exact) mass is 413 g/mol. The molecule has 4 rings (SSSR count). The van der Waals surface area contributed by atoms with Crippen molar-refractivity contribution in [3.05, 3.63) is 54.0 Å². The molecule has 0 unspecified atom stereocenters. The van der Waals surface area contributed by atoms with E-state index in [4.69, 9.17) is 9.15 Å². The Morgan fingerprint density at radius 3 is 2.67 bits per heavy atom. The van der Waals surface area contributed by atoms with Crippen molar-refractivity contribution in [2.24, 2.45) is 0 Å². The molecule has 3 N–H and O–H groups in total. The molecule has 2 amide bonds. The van der Waals surface area contributed by atoms with Crippen LogP contribution in [0.1, 0.15) is 17.4 Å². The van der Waals surface area contributed by atoms with Crippen LogP contribution < -0.4 is 20.4 Å². The lowest BCUT2D eigenvalue weighted by molar-refractivity contribution is -0.906. The molecule has 160 valence electrons. The highest BCUT2D eigenvalue weighted by molar-refractivity contribution is 6.35. The van der Waals surface area contributed by atoms with E-state index in [-0.39, 0.29) is 6.04 Å². The normalized spacial score (nSPS) is 17.4. The van der Waals surface area contributed by atoms with Crippen LogP contribution in [0.25, 0.3) is 0 Å². The Morgan fingerprint density at radius 2 is 1.87 bits per heavy atom. The molecule has 2 aliphatic rings. The third kappa shape index (κ3) is 4.83. The van der Waals surface area contributed by atoms with E-state index in [9.17, 15) is 9.59 Å². The van der Waals surface area contributed by atoms with Crippen LogP contribution in [-0.2, 0) is 20.7 Å². The Morgan fingerprint density at radius 1 is 1.07 bits per heavy atom. The molecule has 1 aromatic heterocycles. The van der Waals surface area contributed by atoms with Crippen molar-refractivity contribution in [1.82, 2.24) is 10.6 Å². The molecule has 0 saturated carbocycles. The number of rotatable bonds is 7. The molecule has 1 fully saturated rings. The van der Waals surface area contributed by atoms with Crippen LogP contribution in [0.3, 0.4) is 0 Å². The number of furan rings is 1. The molecule has 0 spiro atoms. The van der Waals surface area contributed by atoms with Gasteiger partial charge in [0.1, 0.15) is 24.9 Å². The zero-order chi connectivity index (χ0) is 20.8. The van der Waals surface area contributed by atoms with Gasteiger partial charge < -0.3 is 29.6 Å². The summed E-state index contributed by atoms with van der Waals surface area (Å²) < 4.78 is 11.0. The maximum absolute atomic E-state index is 12.4. The van der Waals surface area contributed by atoms with Gasteiger partial charge in [-0.1, -0.05) is 18.2 Å². The van der Waals surface area contributed by atoms with Crippen LogP contribution >= 0.6 is 0 Å². The van der Waals surface area contributed by atoms with Gasteiger partial charge in [0, 0.05) is 18.8 Å². The molecule has 0 radical (unpaired) electrons. The Hall–Kier alpha value is -2.84. The summed E-state index contributed by atoms with van der Waals surface area (Å²) in [4.78, 5) is 28.2. The van der Waals surface area contributed by atoms with Crippen LogP contribution in [0.15, 0.2) is 47.1 Å². The average Bonchev–Trinajstić information content (AvgIpc) is 3.45. The van der Waals surface area contributed by atoms with Crippen molar-refractivity contribution in [3.63, 3.8) is 0 Å². The topological polar surface area (TPSA) is 88.2 Å². The van der Waals surface area contributed by atoms with Gasteiger partial charge in [0.15, 0.2) is 0 Å². The average molecular weight is 413 g/mol. The number of carbonyl (C=O) groups excluding carboxylic acids is 2. The smallest absolute Gasteiger partial charge is 0.309 e. The second kappa shape index (κ2) is 9.77. The standard InChI is InChI=1S/C22H28N4O4/c27-21(23-8-10-25-11-14-29-15-12-25)22(28)24-16-19(20-6-3-13-30-20)26-9-7-17-4-1-2-5-18(17)26/h1-6,13,19H,7-12,14-16H2,(H,23,27)(H,24,28)/p+1/t19-/m0/s1. The SMILES string of the molecule is O=C(NCC[NH+]1CCOCC1)C(=O)NC[C@@H](c1ccco1)N1CCc2ccccc21. The largest absolute Gasteiger partial charge is 0.467 e. The van der Waals surface area contributed by atoms with E-state index in [1.807, 2.05) is 24.3 Å². The molecule has 0 aliphatic carbocycles. The Bertz CT molecular complexity index is 849. The van der Waals surface area contributed by atoms with Crippen molar-refractivity contribution in [2.45, 2.75) is 12.5 Å². The lowest BCUT2D eigenvalue weighted by atomic mass is 10.1. The summed E-state index contributed by atoms with van der Waals surface area (Å²) in [5, 5.41) is 5.51. The van der Waals surface area contributed by atoms with Gasteiger partial charge in [-0.25, -0.2) is 0 Å². The summed E-state index contributed by atoms with van der Waals surface area (Å²) in [6.07, 6.45) is 2.58. The number of nitrogens with one attached hydrogen (secondary N) is 3. The molecule has 1 saturated heterocycles. The number of hydrogen-bond donors (Lipinski definition) is 3. The van der Waals surface area contributed by atoms with Crippen LogP contribution in [0.4, 0.5) is 5.69 Å². The lowest BCUT2D eigenvalue weighted by Crippen LogP contribution is -3.14. The van der Waals surface area contributed by atoms with Gasteiger partial charge in [-0.15, -0.1) is 0 Å². The van der Waals surface area contributed by atoms with E-state index in [1.165, 1.54) is 10.5 Å². The number of benzene rings is 1. The Kier molecular flexibility index (Phi) is 6.66. The number of para-hydroxylation sites is 1. The van der Waals surface area contributed by atoms with E-state index in [0.717, 1.165) is 57.3 Å². The van der Waals surface area contributed by atoms with Gasteiger partial charge in [-0.2, -0.15) is 0 Å². The quantitative estimate of drug-likeness (QED) is 0.535. The number of ether oxygens (including phenoxy) is 1. The summed E-state index contributed by atoms with van der Waals surface area (Å²) in [6, 6.07) is 11.8. The summed E-state index contributed by atoms with van der Waals surface area (Å²) in [5.74, 6) is -0.443. The predicted molar refractivity (Wildman–Crippen MR) is 111 cm³/mol. The van der Waals surface area contributed by atoms with Gasteiger partial charge >= 0.3 is 11.8 Å². The fourth-order valence-electron chi connectivity index (χ4n) is 4.15. The van der Waals surface area contributed by atoms with Crippen LogP contribution in [0.5, 0.6) is 0 Å². The Labute approximate surface area is 176 Å². The number of amides is 2. The highest BCUT2D eigenvalue weighted by Crippen LogP contribution is 2.34. The highest BCUT2D eigenvalue weighted by atomic mass is 16.5. The minimum Gasteiger partial charge on any atom is -0.467 e. The van der Waals surface area contributed by atoms with Gasteiger partial charge in [-0.05, 0) is 30.2 Å². The first-order valence-corrected chi connectivity index (χ1v) is 10.6. The van der Waals surface area contributed by atoms with Gasteiger partial charge in [0.05, 0.1) is 32.6 Å². The number of fused-ring (bicyclic) bond motifs is 1. The third-order valence-corrected chi connectivity index (χ3v) is 5.80. The molecule has 0 bridgehead atoms. The summed E-state index contributed by atoms with van der Waals surface area (Å²) >= 11 is 0.